The number of nitrogens with zero attached hydrogens (tertiary/aromatic N) is 1. The molecule has 1 atom stereocenters. The number of rotatable bonds is 3. The van der Waals surface area contributed by atoms with Gasteiger partial charge in [0.2, 0.25) is 18.6 Å². The Morgan fingerprint density at radius 1 is 1.12 bits per heavy atom. The topological polar surface area (TPSA) is 67.9 Å². The number of nitrogens with one attached hydrogen (secondary N) is 1. The van der Waals surface area contributed by atoms with Crippen molar-refractivity contribution < 1.29 is 23.5 Å². The molecule has 2 aromatic carbocycles. The van der Waals surface area contributed by atoms with Gasteiger partial charge in [-0.3, -0.25) is 9.59 Å². The molecule has 0 spiro atoms. The average Bonchev–Trinajstić information content (AvgIpc) is 3.22. The highest BCUT2D eigenvalue weighted by Gasteiger charge is 2.35. The van der Waals surface area contributed by atoms with Gasteiger partial charge < -0.3 is 19.7 Å². The Morgan fingerprint density at radius 2 is 1.88 bits per heavy atom. The van der Waals surface area contributed by atoms with E-state index in [0.29, 0.717) is 22.9 Å². The number of anilines is 2. The highest BCUT2D eigenvalue weighted by molar-refractivity contribution is 6.03. The molecule has 2 aliphatic rings. The van der Waals surface area contributed by atoms with E-state index >= 15 is 0 Å². The number of carbonyl (C=O) groups is 2. The van der Waals surface area contributed by atoms with E-state index in [1.807, 2.05) is 0 Å². The zero-order valence-electron chi connectivity index (χ0n) is 13.2. The normalized spacial score (nSPS) is 18.5. The second-order valence-electron chi connectivity index (χ2n) is 5.94. The molecule has 1 saturated heterocycles. The van der Waals surface area contributed by atoms with Crippen LogP contribution in [0.1, 0.15) is 6.42 Å². The lowest BCUT2D eigenvalue weighted by Crippen LogP contribution is -2.28. The molecule has 0 radical (unpaired) electrons. The molecule has 7 heteroatoms. The fourth-order valence-electron chi connectivity index (χ4n) is 2.97. The summed E-state index contributed by atoms with van der Waals surface area (Å²) < 4.78 is 23.5. The van der Waals surface area contributed by atoms with Crippen molar-refractivity contribution >= 4 is 23.2 Å². The van der Waals surface area contributed by atoms with Crippen LogP contribution in [0.2, 0.25) is 0 Å². The molecule has 25 heavy (non-hydrogen) atoms. The summed E-state index contributed by atoms with van der Waals surface area (Å²) in [5.41, 5.74) is 1.17. The Morgan fingerprint density at radius 3 is 2.68 bits per heavy atom. The second kappa shape index (κ2) is 6.08. The highest BCUT2D eigenvalue weighted by atomic mass is 19.1. The number of hydrogen-bond acceptors (Lipinski definition) is 4. The van der Waals surface area contributed by atoms with Gasteiger partial charge in [-0.15, -0.1) is 0 Å². The molecule has 0 aromatic heterocycles. The van der Waals surface area contributed by atoms with E-state index in [2.05, 4.69) is 5.32 Å². The molecule has 128 valence electrons. The number of ether oxygens (including phenoxy) is 2. The van der Waals surface area contributed by atoms with E-state index in [1.165, 1.54) is 29.2 Å². The third kappa shape index (κ3) is 3.00. The zero-order chi connectivity index (χ0) is 17.4. The minimum Gasteiger partial charge on any atom is -0.454 e. The molecular weight excluding hydrogens is 327 g/mol. The van der Waals surface area contributed by atoms with Gasteiger partial charge in [0.1, 0.15) is 5.82 Å². The van der Waals surface area contributed by atoms with Gasteiger partial charge in [-0.2, -0.15) is 0 Å². The summed E-state index contributed by atoms with van der Waals surface area (Å²) in [5.74, 6) is -0.0190. The summed E-state index contributed by atoms with van der Waals surface area (Å²) >= 11 is 0. The molecule has 2 heterocycles. The van der Waals surface area contributed by atoms with E-state index < -0.39 is 5.92 Å². The lowest BCUT2D eigenvalue weighted by molar-refractivity contribution is -0.122. The lowest BCUT2D eigenvalue weighted by Gasteiger charge is -2.16. The van der Waals surface area contributed by atoms with Crippen molar-refractivity contribution in [3.63, 3.8) is 0 Å². The van der Waals surface area contributed by atoms with Crippen molar-refractivity contribution in [3.8, 4) is 11.5 Å². The monoisotopic (exact) mass is 342 g/mol. The number of hydrogen-bond donors (Lipinski definition) is 1. The first-order chi connectivity index (χ1) is 12.1. The van der Waals surface area contributed by atoms with Gasteiger partial charge in [-0.05, 0) is 36.4 Å². The zero-order valence-corrected chi connectivity index (χ0v) is 13.2. The first-order valence-electron chi connectivity index (χ1n) is 7.86. The van der Waals surface area contributed by atoms with Crippen LogP contribution in [0.5, 0.6) is 11.5 Å². The number of benzene rings is 2. The Labute approximate surface area is 143 Å². The fourth-order valence-corrected chi connectivity index (χ4v) is 2.97. The van der Waals surface area contributed by atoms with Crippen LogP contribution in [-0.4, -0.2) is 25.2 Å². The molecule has 2 aromatic rings. The van der Waals surface area contributed by atoms with Crippen molar-refractivity contribution in [1.82, 2.24) is 0 Å². The van der Waals surface area contributed by atoms with Crippen LogP contribution in [-0.2, 0) is 9.59 Å². The second-order valence-corrected chi connectivity index (χ2v) is 5.94. The molecule has 1 fully saturated rings. The van der Waals surface area contributed by atoms with Crippen LogP contribution >= 0.6 is 0 Å². The smallest absolute Gasteiger partial charge is 0.231 e. The van der Waals surface area contributed by atoms with Gasteiger partial charge >= 0.3 is 0 Å². The summed E-state index contributed by atoms with van der Waals surface area (Å²) in [6, 6.07) is 10.8. The van der Waals surface area contributed by atoms with E-state index in [9.17, 15) is 14.0 Å². The van der Waals surface area contributed by atoms with Crippen molar-refractivity contribution in [2.45, 2.75) is 6.42 Å². The maximum absolute atomic E-state index is 13.0. The molecule has 0 unspecified atom stereocenters. The van der Waals surface area contributed by atoms with E-state index in [0.717, 1.165) is 0 Å². The van der Waals surface area contributed by atoms with Crippen molar-refractivity contribution in [1.29, 1.82) is 0 Å². The predicted octanol–water partition coefficient (Wildman–Crippen LogP) is 2.55. The quantitative estimate of drug-likeness (QED) is 0.931. The molecule has 2 aliphatic heterocycles. The number of carbonyl (C=O) groups excluding carboxylic acids is 2. The van der Waals surface area contributed by atoms with E-state index in [-0.39, 0.29) is 37.4 Å². The van der Waals surface area contributed by atoms with Crippen molar-refractivity contribution in [2.75, 3.05) is 23.6 Å². The van der Waals surface area contributed by atoms with Crippen LogP contribution < -0.4 is 19.7 Å². The maximum Gasteiger partial charge on any atom is 0.231 e. The Bertz CT molecular complexity index is 837. The summed E-state index contributed by atoms with van der Waals surface area (Å²) in [6.45, 7) is 0.428. The summed E-state index contributed by atoms with van der Waals surface area (Å²) in [6.07, 6.45) is 0.119. The van der Waals surface area contributed by atoms with Crippen LogP contribution in [0, 0.1) is 11.7 Å². The summed E-state index contributed by atoms with van der Waals surface area (Å²) in [7, 11) is 0. The van der Waals surface area contributed by atoms with Gasteiger partial charge in [0.25, 0.3) is 0 Å². The SMILES string of the molecule is O=C(Nc1ccc2c(c1)OCO2)[C@@H]1CC(=O)N(c2ccc(F)cc2)C1. The van der Waals surface area contributed by atoms with Gasteiger partial charge in [0, 0.05) is 30.4 Å². The fraction of sp³-hybridized carbons (Fsp3) is 0.222. The molecule has 0 aliphatic carbocycles. The highest BCUT2D eigenvalue weighted by Crippen LogP contribution is 2.34. The summed E-state index contributed by atoms with van der Waals surface area (Å²) in [4.78, 5) is 26.2. The van der Waals surface area contributed by atoms with Crippen LogP contribution in [0.4, 0.5) is 15.8 Å². The molecule has 0 saturated carbocycles. The van der Waals surface area contributed by atoms with Gasteiger partial charge in [-0.25, -0.2) is 4.39 Å². The van der Waals surface area contributed by atoms with Gasteiger partial charge in [0.05, 0.1) is 5.92 Å². The van der Waals surface area contributed by atoms with Crippen molar-refractivity contribution in [3.05, 3.63) is 48.3 Å². The Kier molecular flexibility index (Phi) is 3.76. The first-order valence-corrected chi connectivity index (χ1v) is 7.86. The number of fused-ring (bicyclic) bond motifs is 1. The average molecular weight is 342 g/mol. The Hall–Kier alpha value is -3.09. The minimum atomic E-state index is -0.469. The standard InChI is InChI=1S/C18H15FN2O4/c19-12-1-4-14(5-2-12)21-9-11(7-17(21)22)18(23)20-13-3-6-15-16(8-13)25-10-24-15/h1-6,8,11H,7,9-10H2,(H,20,23)/t11-/m1/s1. The summed E-state index contributed by atoms with van der Waals surface area (Å²) in [5, 5.41) is 2.80. The third-order valence-corrected chi connectivity index (χ3v) is 4.27. The largest absolute Gasteiger partial charge is 0.454 e. The van der Waals surface area contributed by atoms with E-state index in [4.69, 9.17) is 9.47 Å². The molecule has 1 N–H and O–H groups in total. The van der Waals surface area contributed by atoms with Gasteiger partial charge in [-0.1, -0.05) is 0 Å². The third-order valence-electron chi connectivity index (χ3n) is 4.27. The van der Waals surface area contributed by atoms with Crippen LogP contribution in [0.15, 0.2) is 42.5 Å². The first kappa shape index (κ1) is 15.4. The number of halogens is 1. The van der Waals surface area contributed by atoms with E-state index in [1.54, 1.807) is 18.2 Å². The van der Waals surface area contributed by atoms with Crippen LogP contribution in [0.25, 0.3) is 0 Å². The lowest BCUT2D eigenvalue weighted by atomic mass is 10.1. The van der Waals surface area contributed by atoms with Gasteiger partial charge in [0.15, 0.2) is 11.5 Å². The molecule has 4 rings (SSSR count). The molecule has 6 nitrogen and oxygen atoms in total. The molecule has 2 amide bonds. The maximum atomic E-state index is 13.0. The predicted molar refractivity (Wildman–Crippen MR) is 88.1 cm³/mol. The molecule has 0 bridgehead atoms. The Balaban J connectivity index is 1.44. The van der Waals surface area contributed by atoms with Crippen molar-refractivity contribution in [2.24, 2.45) is 5.92 Å². The number of amides is 2. The minimum absolute atomic E-state index is 0.119. The molecular formula is C18H15FN2O4. The van der Waals surface area contributed by atoms with Crippen LogP contribution in [0.3, 0.4) is 0 Å².